The predicted octanol–water partition coefficient (Wildman–Crippen LogP) is 3.09. The number of nitrogens with one attached hydrogen (secondary N) is 1. The summed E-state index contributed by atoms with van der Waals surface area (Å²) in [4.78, 5) is 28.1. The first-order valence-electron chi connectivity index (χ1n) is 9.29. The van der Waals surface area contributed by atoms with Crippen LogP contribution in [0.5, 0.6) is 0 Å². The first-order chi connectivity index (χ1) is 12.2. The molecule has 0 aromatic heterocycles. The third kappa shape index (κ3) is 5.21. The van der Waals surface area contributed by atoms with E-state index in [1.165, 1.54) is 5.56 Å². The Morgan fingerprint density at radius 2 is 1.69 bits per heavy atom. The summed E-state index contributed by atoms with van der Waals surface area (Å²) in [6.45, 7) is 13.1. The molecule has 1 aromatic rings. The summed E-state index contributed by atoms with van der Waals surface area (Å²) in [6.07, 6.45) is -0.275. The van der Waals surface area contributed by atoms with E-state index in [-0.39, 0.29) is 23.5 Å². The zero-order valence-corrected chi connectivity index (χ0v) is 16.5. The van der Waals surface area contributed by atoms with Gasteiger partial charge in [0.2, 0.25) is 5.91 Å². The fraction of sp³-hybridized carbons (Fsp3) is 0.600. The molecule has 2 amide bonds. The van der Waals surface area contributed by atoms with Gasteiger partial charge in [-0.05, 0) is 37.0 Å². The molecule has 2 rings (SSSR count). The number of rotatable bonds is 4. The second-order valence-electron chi connectivity index (χ2n) is 7.71. The smallest absolute Gasteiger partial charge is 0.409 e. The predicted molar refractivity (Wildman–Crippen MR) is 103 cm³/mol. The van der Waals surface area contributed by atoms with Gasteiger partial charge in [0.15, 0.2) is 0 Å². The van der Waals surface area contributed by atoms with Gasteiger partial charge in [0.05, 0.1) is 12.6 Å². The van der Waals surface area contributed by atoms with Crippen molar-refractivity contribution in [2.24, 2.45) is 0 Å². The van der Waals surface area contributed by atoms with Gasteiger partial charge in [0.1, 0.15) is 0 Å². The topological polar surface area (TPSA) is 61.9 Å². The molecule has 1 saturated heterocycles. The van der Waals surface area contributed by atoms with E-state index in [9.17, 15) is 9.59 Å². The Hall–Kier alpha value is -2.08. The molecule has 1 fully saturated rings. The summed E-state index contributed by atoms with van der Waals surface area (Å²) in [5.41, 5.74) is 2.13. The maximum atomic E-state index is 12.6. The minimum Gasteiger partial charge on any atom is -0.450 e. The third-order valence-corrected chi connectivity index (χ3v) is 4.79. The minimum atomic E-state index is -0.275. The van der Waals surface area contributed by atoms with Crippen molar-refractivity contribution < 1.29 is 14.3 Å². The zero-order chi connectivity index (χ0) is 19.3. The van der Waals surface area contributed by atoms with Crippen molar-refractivity contribution in [2.75, 3.05) is 38.1 Å². The number of hydrogen-bond donors (Lipinski definition) is 1. The van der Waals surface area contributed by atoms with E-state index in [2.05, 4.69) is 43.1 Å². The Labute approximate surface area is 156 Å². The molecular weight excluding hydrogens is 330 g/mol. The van der Waals surface area contributed by atoms with Crippen LogP contribution in [0.1, 0.15) is 40.2 Å². The number of carbonyl (C=O) groups excluding carboxylic acids is 2. The second kappa shape index (κ2) is 8.54. The van der Waals surface area contributed by atoms with Gasteiger partial charge in [-0.1, -0.05) is 32.9 Å². The maximum absolute atomic E-state index is 12.6. The average molecular weight is 361 g/mol. The van der Waals surface area contributed by atoms with Gasteiger partial charge in [0.25, 0.3) is 0 Å². The zero-order valence-electron chi connectivity index (χ0n) is 16.5. The summed E-state index contributed by atoms with van der Waals surface area (Å²) in [6, 6.07) is 7.76. The molecule has 0 bridgehead atoms. The van der Waals surface area contributed by atoms with Crippen LogP contribution in [0.4, 0.5) is 10.5 Å². The van der Waals surface area contributed by atoms with Crippen LogP contribution < -0.4 is 5.32 Å². The van der Waals surface area contributed by atoms with Crippen LogP contribution in [-0.2, 0) is 14.9 Å². The SMILES string of the molecule is CCOC(=O)N1CCN(C(C)C(=O)Nc2ccc(C(C)(C)C)cc2)CC1. The van der Waals surface area contributed by atoms with E-state index < -0.39 is 0 Å². The first kappa shape index (κ1) is 20.2. The van der Waals surface area contributed by atoms with Gasteiger partial charge >= 0.3 is 6.09 Å². The molecule has 1 heterocycles. The molecule has 1 aliphatic heterocycles. The van der Waals surface area contributed by atoms with Gasteiger partial charge in [-0.15, -0.1) is 0 Å². The lowest BCUT2D eigenvalue weighted by molar-refractivity contribution is -0.121. The lowest BCUT2D eigenvalue weighted by atomic mass is 9.87. The Morgan fingerprint density at radius 3 is 2.19 bits per heavy atom. The molecule has 6 heteroatoms. The van der Waals surface area contributed by atoms with Crippen molar-refractivity contribution in [3.63, 3.8) is 0 Å². The largest absolute Gasteiger partial charge is 0.450 e. The molecule has 1 aliphatic rings. The summed E-state index contributed by atoms with van der Waals surface area (Å²) < 4.78 is 5.03. The van der Waals surface area contributed by atoms with Crippen LogP contribution in [0.25, 0.3) is 0 Å². The van der Waals surface area contributed by atoms with Crippen molar-refractivity contribution in [3.05, 3.63) is 29.8 Å². The number of benzene rings is 1. The number of nitrogens with zero attached hydrogens (tertiary/aromatic N) is 2. The molecule has 0 spiro atoms. The molecule has 1 unspecified atom stereocenters. The van der Waals surface area contributed by atoms with Gasteiger partial charge < -0.3 is 15.0 Å². The second-order valence-corrected chi connectivity index (χ2v) is 7.71. The Kier molecular flexibility index (Phi) is 6.64. The van der Waals surface area contributed by atoms with Gasteiger partial charge in [0, 0.05) is 31.9 Å². The van der Waals surface area contributed by atoms with Crippen LogP contribution in [-0.4, -0.2) is 60.6 Å². The van der Waals surface area contributed by atoms with Crippen LogP contribution in [0.3, 0.4) is 0 Å². The first-order valence-corrected chi connectivity index (χ1v) is 9.29. The standard InChI is InChI=1S/C20H31N3O3/c1-6-26-19(25)23-13-11-22(12-14-23)15(2)18(24)21-17-9-7-16(8-10-17)20(3,4)5/h7-10,15H,6,11-14H2,1-5H3,(H,21,24). The molecule has 144 valence electrons. The van der Waals surface area contributed by atoms with Crippen molar-refractivity contribution in [2.45, 2.75) is 46.1 Å². The fourth-order valence-corrected chi connectivity index (χ4v) is 2.97. The number of anilines is 1. The molecule has 1 atom stereocenters. The third-order valence-electron chi connectivity index (χ3n) is 4.79. The highest BCUT2D eigenvalue weighted by Gasteiger charge is 2.28. The normalized spacial score (nSPS) is 16.9. The van der Waals surface area contributed by atoms with Gasteiger partial charge in [-0.2, -0.15) is 0 Å². The van der Waals surface area contributed by atoms with Crippen LogP contribution >= 0.6 is 0 Å². The molecule has 1 aromatic carbocycles. The lowest BCUT2D eigenvalue weighted by Crippen LogP contribution is -2.54. The Morgan fingerprint density at radius 1 is 1.12 bits per heavy atom. The molecule has 1 N–H and O–H groups in total. The van der Waals surface area contributed by atoms with Crippen LogP contribution in [0.2, 0.25) is 0 Å². The van der Waals surface area contributed by atoms with E-state index in [0.29, 0.717) is 32.8 Å². The molecule has 0 radical (unpaired) electrons. The van der Waals surface area contributed by atoms with E-state index >= 15 is 0 Å². The number of amides is 2. The number of piperazine rings is 1. The molecular formula is C20H31N3O3. The average Bonchev–Trinajstić information content (AvgIpc) is 2.61. The number of ether oxygens (including phenoxy) is 1. The van der Waals surface area contributed by atoms with Crippen LogP contribution in [0, 0.1) is 0 Å². The summed E-state index contributed by atoms with van der Waals surface area (Å²) >= 11 is 0. The molecule has 0 aliphatic carbocycles. The highest BCUT2D eigenvalue weighted by Crippen LogP contribution is 2.23. The highest BCUT2D eigenvalue weighted by molar-refractivity contribution is 5.94. The van der Waals surface area contributed by atoms with E-state index in [1.807, 2.05) is 19.1 Å². The summed E-state index contributed by atoms with van der Waals surface area (Å²) in [5.74, 6) is -0.0295. The van der Waals surface area contributed by atoms with Gasteiger partial charge in [-0.3, -0.25) is 9.69 Å². The quantitative estimate of drug-likeness (QED) is 0.895. The summed E-state index contributed by atoms with van der Waals surface area (Å²) in [7, 11) is 0. The maximum Gasteiger partial charge on any atom is 0.409 e. The van der Waals surface area contributed by atoms with Crippen molar-refractivity contribution in [3.8, 4) is 0 Å². The number of hydrogen-bond acceptors (Lipinski definition) is 4. The van der Waals surface area contributed by atoms with Crippen LogP contribution in [0.15, 0.2) is 24.3 Å². The Balaban J connectivity index is 1.87. The number of carbonyl (C=O) groups is 2. The van der Waals surface area contributed by atoms with Gasteiger partial charge in [-0.25, -0.2) is 4.79 Å². The lowest BCUT2D eigenvalue weighted by Gasteiger charge is -2.36. The molecule has 0 saturated carbocycles. The summed E-state index contributed by atoms with van der Waals surface area (Å²) in [5, 5.41) is 2.99. The van der Waals surface area contributed by atoms with Crippen molar-refractivity contribution in [1.82, 2.24) is 9.80 Å². The van der Waals surface area contributed by atoms with Crippen molar-refractivity contribution >= 4 is 17.7 Å². The van der Waals surface area contributed by atoms with E-state index in [4.69, 9.17) is 4.74 Å². The Bertz CT molecular complexity index is 614. The minimum absolute atomic E-state index is 0.0295. The fourth-order valence-electron chi connectivity index (χ4n) is 2.97. The monoisotopic (exact) mass is 361 g/mol. The van der Waals surface area contributed by atoms with Crippen molar-refractivity contribution in [1.29, 1.82) is 0 Å². The molecule has 26 heavy (non-hydrogen) atoms. The molecule has 6 nitrogen and oxygen atoms in total. The van der Waals surface area contributed by atoms with E-state index in [0.717, 1.165) is 5.69 Å². The van der Waals surface area contributed by atoms with E-state index in [1.54, 1.807) is 11.8 Å². The highest BCUT2D eigenvalue weighted by atomic mass is 16.6.